The summed E-state index contributed by atoms with van der Waals surface area (Å²) in [7, 11) is 1.75. The van der Waals surface area contributed by atoms with Gasteiger partial charge in [-0.2, -0.15) is 4.98 Å². The fourth-order valence-corrected chi connectivity index (χ4v) is 2.82. The van der Waals surface area contributed by atoms with Crippen LogP contribution in [0.5, 0.6) is 0 Å². The van der Waals surface area contributed by atoms with Crippen molar-refractivity contribution in [3.8, 4) is 0 Å². The smallest absolute Gasteiger partial charge is 0.254 e. The van der Waals surface area contributed by atoms with Crippen LogP contribution in [0.1, 0.15) is 47.9 Å². The lowest BCUT2D eigenvalue weighted by Crippen LogP contribution is -2.30. The molecule has 6 nitrogen and oxygen atoms in total. The van der Waals surface area contributed by atoms with Crippen LogP contribution in [-0.2, 0) is 0 Å². The molecule has 0 radical (unpaired) electrons. The number of rotatable bonds is 4. The number of carbonyl (C=O) groups is 1. The van der Waals surface area contributed by atoms with Crippen molar-refractivity contribution < 1.29 is 9.32 Å². The summed E-state index contributed by atoms with van der Waals surface area (Å²) in [5, 5.41) is 3.78. The maximum Gasteiger partial charge on any atom is 0.254 e. The van der Waals surface area contributed by atoms with Gasteiger partial charge in [0.05, 0.1) is 0 Å². The zero-order valence-corrected chi connectivity index (χ0v) is 13.8. The van der Waals surface area contributed by atoms with E-state index in [4.69, 9.17) is 4.52 Å². The number of amides is 1. The molecule has 0 saturated carbocycles. The normalized spacial score (nSPS) is 15.7. The lowest BCUT2D eigenvalue weighted by Gasteiger charge is -2.23. The number of benzene rings is 1. The van der Waals surface area contributed by atoms with E-state index < -0.39 is 0 Å². The molecule has 0 aliphatic carbocycles. The molecule has 1 aliphatic rings. The summed E-state index contributed by atoms with van der Waals surface area (Å²) in [6.45, 7) is 5.84. The average molecular weight is 314 g/mol. The van der Waals surface area contributed by atoms with E-state index in [9.17, 15) is 4.79 Å². The van der Waals surface area contributed by atoms with Crippen LogP contribution in [0.2, 0.25) is 0 Å². The fraction of sp³-hybridized carbons (Fsp3) is 0.471. The standard InChI is InChI=1S/C17H22N4O2/c1-12(16-18-13(2)19-23-16)20(3)17(22)14-6-8-15(9-7-14)21-10-4-5-11-21/h6-9,12H,4-5,10-11H2,1-3H3/t12-/m1/s1. The number of aryl methyl sites for hydroxylation is 1. The van der Waals surface area contributed by atoms with Gasteiger partial charge in [0, 0.05) is 31.4 Å². The summed E-state index contributed by atoms with van der Waals surface area (Å²) in [4.78, 5) is 20.8. The Morgan fingerprint density at radius 2 is 1.91 bits per heavy atom. The maximum atomic E-state index is 12.6. The van der Waals surface area contributed by atoms with Gasteiger partial charge in [0.2, 0.25) is 5.89 Å². The minimum absolute atomic E-state index is 0.0543. The van der Waals surface area contributed by atoms with Crippen LogP contribution in [0.25, 0.3) is 0 Å². The number of hydrogen-bond donors (Lipinski definition) is 0. The predicted molar refractivity (Wildman–Crippen MR) is 87.4 cm³/mol. The summed E-state index contributed by atoms with van der Waals surface area (Å²) in [5.41, 5.74) is 1.85. The van der Waals surface area contributed by atoms with Crippen molar-refractivity contribution in [1.82, 2.24) is 15.0 Å². The second kappa shape index (κ2) is 6.40. The molecule has 0 bridgehead atoms. The molecule has 1 aliphatic heterocycles. The number of hydrogen-bond acceptors (Lipinski definition) is 5. The minimum atomic E-state index is -0.262. The SMILES string of the molecule is Cc1noc([C@@H](C)N(C)C(=O)c2ccc(N3CCCC3)cc2)n1. The van der Waals surface area contributed by atoms with Crippen molar-refractivity contribution in [3.05, 3.63) is 41.5 Å². The molecule has 1 fully saturated rings. The van der Waals surface area contributed by atoms with E-state index in [-0.39, 0.29) is 11.9 Å². The molecule has 0 N–H and O–H groups in total. The van der Waals surface area contributed by atoms with Gasteiger partial charge >= 0.3 is 0 Å². The molecule has 0 spiro atoms. The first-order valence-electron chi connectivity index (χ1n) is 7.98. The highest BCUT2D eigenvalue weighted by Gasteiger charge is 2.23. The van der Waals surface area contributed by atoms with Crippen LogP contribution in [0, 0.1) is 6.92 Å². The molecule has 122 valence electrons. The van der Waals surface area contributed by atoms with Crippen molar-refractivity contribution in [1.29, 1.82) is 0 Å². The van der Waals surface area contributed by atoms with E-state index in [0.717, 1.165) is 13.1 Å². The molecule has 1 aromatic carbocycles. The van der Waals surface area contributed by atoms with Gasteiger partial charge in [0.25, 0.3) is 5.91 Å². The van der Waals surface area contributed by atoms with Gasteiger partial charge in [-0.1, -0.05) is 5.16 Å². The molecule has 1 amide bonds. The van der Waals surface area contributed by atoms with Crippen LogP contribution < -0.4 is 4.90 Å². The third-order valence-corrected chi connectivity index (χ3v) is 4.39. The third-order valence-electron chi connectivity index (χ3n) is 4.39. The molecule has 2 heterocycles. The first-order chi connectivity index (χ1) is 11.1. The molecule has 2 aromatic rings. The fourth-order valence-electron chi connectivity index (χ4n) is 2.82. The molecule has 1 atom stereocenters. The highest BCUT2D eigenvalue weighted by atomic mass is 16.5. The van der Waals surface area contributed by atoms with Crippen molar-refractivity contribution in [2.24, 2.45) is 0 Å². The van der Waals surface area contributed by atoms with Gasteiger partial charge in [0.1, 0.15) is 6.04 Å². The summed E-state index contributed by atoms with van der Waals surface area (Å²) in [6.07, 6.45) is 2.48. The van der Waals surface area contributed by atoms with Crippen LogP contribution in [0.3, 0.4) is 0 Å². The van der Waals surface area contributed by atoms with E-state index >= 15 is 0 Å². The van der Waals surface area contributed by atoms with Crippen LogP contribution in [-0.4, -0.2) is 41.1 Å². The topological polar surface area (TPSA) is 62.5 Å². The lowest BCUT2D eigenvalue weighted by molar-refractivity contribution is 0.0716. The van der Waals surface area contributed by atoms with Crippen molar-refractivity contribution in [2.75, 3.05) is 25.0 Å². The largest absolute Gasteiger partial charge is 0.372 e. The number of anilines is 1. The predicted octanol–water partition coefficient (Wildman–Crippen LogP) is 2.81. The van der Waals surface area contributed by atoms with Gasteiger partial charge < -0.3 is 14.3 Å². The molecule has 6 heteroatoms. The van der Waals surface area contributed by atoms with Crippen molar-refractivity contribution in [3.63, 3.8) is 0 Å². The summed E-state index contributed by atoms with van der Waals surface area (Å²) >= 11 is 0. The quantitative estimate of drug-likeness (QED) is 0.868. The molecule has 1 aromatic heterocycles. The zero-order chi connectivity index (χ0) is 16.4. The third kappa shape index (κ3) is 3.21. The summed E-state index contributed by atoms with van der Waals surface area (Å²) in [5.74, 6) is 0.969. The first kappa shape index (κ1) is 15.5. The number of nitrogens with zero attached hydrogens (tertiary/aromatic N) is 4. The molecular formula is C17H22N4O2. The van der Waals surface area contributed by atoms with Crippen LogP contribution >= 0.6 is 0 Å². The molecular weight excluding hydrogens is 292 g/mol. The average Bonchev–Trinajstić information content (AvgIpc) is 3.24. The molecule has 3 rings (SSSR count). The van der Waals surface area contributed by atoms with E-state index in [2.05, 4.69) is 15.0 Å². The van der Waals surface area contributed by atoms with Crippen LogP contribution in [0.4, 0.5) is 5.69 Å². The van der Waals surface area contributed by atoms with Crippen molar-refractivity contribution >= 4 is 11.6 Å². The zero-order valence-electron chi connectivity index (χ0n) is 13.8. The minimum Gasteiger partial charge on any atom is -0.372 e. The second-order valence-electron chi connectivity index (χ2n) is 6.01. The maximum absolute atomic E-state index is 12.6. The second-order valence-corrected chi connectivity index (χ2v) is 6.01. The van der Waals surface area contributed by atoms with Gasteiger partial charge in [-0.15, -0.1) is 0 Å². The Hall–Kier alpha value is -2.37. The highest BCUT2D eigenvalue weighted by molar-refractivity contribution is 5.94. The molecule has 0 unspecified atom stereocenters. The lowest BCUT2D eigenvalue weighted by atomic mass is 10.1. The monoisotopic (exact) mass is 314 g/mol. The Labute approximate surface area is 136 Å². The van der Waals surface area contributed by atoms with Crippen LogP contribution in [0.15, 0.2) is 28.8 Å². The summed E-state index contributed by atoms with van der Waals surface area (Å²) in [6, 6.07) is 7.56. The van der Waals surface area contributed by atoms with E-state index in [1.165, 1.54) is 18.5 Å². The molecule has 23 heavy (non-hydrogen) atoms. The Kier molecular flexibility index (Phi) is 4.32. The van der Waals surface area contributed by atoms with Gasteiger partial charge in [0.15, 0.2) is 5.82 Å². The molecule has 1 saturated heterocycles. The van der Waals surface area contributed by atoms with E-state index in [0.29, 0.717) is 17.3 Å². The Morgan fingerprint density at radius 1 is 1.26 bits per heavy atom. The van der Waals surface area contributed by atoms with E-state index in [1.807, 2.05) is 31.2 Å². The first-order valence-corrected chi connectivity index (χ1v) is 7.98. The number of aromatic nitrogens is 2. The van der Waals surface area contributed by atoms with Gasteiger partial charge in [-0.25, -0.2) is 0 Å². The van der Waals surface area contributed by atoms with E-state index in [1.54, 1.807) is 18.9 Å². The summed E-state index contributed by atoms with van der Waals surface area (Å²) < 4.78 is 5.16. The van der Waals surface area contributed by atoms with Gasteiger partial charge in [-0.05, 0) is 51.0 Å². The Balaban J connectivity index is 1.71. The van der Waals surface area contributed by atoms with Gasteiger partial charge in [-0.3, -0.25) is 4.79 Å². The highest BCUT2D eigenvalue weighted by Crippen LogP contribution is 2.23. The van der Waals surface area contributed by atoms with Crippen molar-refractivity contribution in [2.45, 2.75) is 32.7 Å². The Morgan fingerprint density at radius 3 is 2.48 bits per heavy atom. The number of carbonyl (C=O) groups excluding carboxylic acids is 1. The Bertz CT molecular complexity index is 674.